The van der Waals surface area contributed by atoms with Crippen LogP contribution in [-0.4, -0.2) is 50.9 Å². The third-order valence-electron chi connectivity index (χ3n) is 5.44. The highest BCUT2D eigenvalue weighted by Gasteiger charge is 2.38. The molecule has 4 rings (SSSR count). The summed E-state index contributed by atoms with van der Waals surface area (Å²) in [4.78, 5) is 19.8. The zero-order valence-electron chi connectivity index (χ0n) is 16.7. The van der Waals surface area contributed by atoms with E-state index in [9.17, 15) is 15.0 Å². The van der Waals surface area contributed by atoms with Crippen molar-refractivity contribution in [1.82, 2.24) is 15.2 Å². The Morgan fingerprint density at radius 1 is 1.23 bits per heavy atom. The largest absolute Gasteiger partial charge is 0.391 e. The quantitative estimate of drug-likeness (QED) is 0.531. The molecule has 1 saturated heterocycles. The summed E-state index contributed by atoms with van der Waals surface area (Å²) < 4.78 is 0. The molecule has 2 heterocycles. The van der Waals surface area contributed by atoms with Gasteiger partial charge in [0.15, 0.2) is 0 Å². The molecule has 1 unspecified atom stereocenters. The van der Waals surface area contributed by atoms with Gasteiger partial charge in [0.05, 0.1) is 28.2 Å². The van der Waals surface area contributed by atoms with Gasteiger partial charge in [-0.05, 0) is 36.6 Å². The number of amides is 1. The molecular formula is C23H25N3O3S. The van der Waals surface area contributed by atoms with Gasteiger partial charge in [-0.2, -0.15) is 0 Å². The van der Waals surface area contributed by atoms with Crippen LogP contribution in [0.1, 0.15) is 28.0 Å². The van der Waals surface area contributed by atoms with Crippen LogP contribution >= 0.6 is 11.3 Å². The minimum Gasteiger partial charge on any atom is -0.391 e. The van der Waals surface area contributed by atoms with Crippen LogP contribution in [0.5, 0.6) is 0 Å². The second-order valence-corrected chi connectivity index (χ2v) is 8.42. The molecule has 1 fully saturated rings. The van der Waals surface area contributed by atoms with E-state index in [1.165, 1.54) is 0 Å². The molecule has 0 spiro atoms. The Balaban J connectivity index is 1.39. The second-order valence-electron chi connectivity index (χ2n) is 7.57. The van der Waals surface area contributed by atoms with Crippen molar-refractivity contribution in [3.63, 3.8) is 0 Å². The number of aliphatic hydroxyl groups is 2. The molecule has 7 heteroatoms. The maximum Gasteiger partial charge on any atom is 0.254 e. The van der Waals surface area contributed by atoms with Crippen LogP contribution < -0.4 is 5.32 Å². The standard InChI is InChI=1S/C23H25N3O3S/c1-15-21(30-14-25-15)17-9-7-16(8-10-17)12-24-22(28)20-11-19(27)13-26(20)23(29)18-5-3-2-4-6-18/h2-10,14,19-20,22,24,27-28H,11-13H2,1H3/t19-,20+,22?/m1/s1. The first-order valence-corrected chi connectivity index (χ1v) is 10.9. The maximum atomic E-state index is 12.8. The molecule has 0 bridgehead atoms. The van der Waals surface area contributed by atoms with Crippen molar-refractivity contribution in [3.8, 4) is 10.4 Å². The van der Waals surface area contributed by atoms with E-state index in [0.717, 1.165) is 21.7 Å². The van der Waals surface area contributed by atoms with E-state index in [1.54, 1.807) is 40.5 Å². The number of nitrogens with zero attached hydrogens (tertiary/aromatic N) is 2. The first-order valence-electron chi connectivity index (χ1n) is 9.98. The number of nitrogens with one attached hydrogen (secondary N) is 1. The molecule has 0 aliphatic carbocycles. The van der Waals surface area contributed by atoms with Crippen molar-refractivity contribution in [2.24, 2.45) is 0 Å². The van der Waals surface area contributed by atoms with Crippen molar-refractivity contribution in [3.05, 3.63) is 76.9 Å². The van der Waals surface area contributed by atoms with Crippen LogP contribution in [0.25, 0.3) is 10.4 Å². The Morgan fingerprint density at radius 2 is 1.97 bits per heavy atom. The zero-order valence-corrected chi connectivity index (χ0v) is 17.5. The average molecular weight is 424 g/mol. The number of thiazole rings is 1. The van der Waals surface area contributed by atoms with Crippen molar-refractivity contribution < 1.29 is 15.0 Å². The van der Waals surface area contributed by atoms with Gasteiger partial charge in [-0.25, -0.2) is 4.98 Å². The SMILES string of the molecule is Cc1ncsc1-c1ccc(CNC(O)[C@@H]2C[C@@H](O)CN2C(=O)c2ccccc2)cc1. The van der Waals surface area contributed by atoms with Gasteiger partial charge < -0.3 is 15.1 Å². The number of likely N-dealkylation sites (tertiary alicyclic amines) is 1. The lowest BCUT2D eigenvalue weighted by Crippen LogP contribution is -2.48. The fraction of sp³-hybridized carbons (Fsp3) is 0.304. The highest BCUT2D eigenvalue weighted by molar-refractivity contribution is 7.13. The highest BCUT2D eigenvalue weighted by Crippen LogP contribution is 2.27. The van der Waals surface area contributed by atoms with E-state index >= 15 is 0 Å². The maximum absolute atomic E-state index is 12.8. The molecule has 3 atom stereocenters. The van der Waals surface area contributed by atoms with E-state index in [-0.39, 0.29) is 12.5 Å². The third-order valence-corrected chi connectivity index (χ3v) is 6.42. The van der Waals surface area contributed by atoms with Gasteiger partial charge in [-0.15, -0.1) is 11.3 Å². The number of hydrogen-bond donors (Lipinski definition) is 3. The number of carbonyl (C=O) groups excluding carboxylic acids is 1. The van der Waals surface area contributed by atoms with Crippen LogP contribution in [0.3, 0.4) is 0 Å². The van der Waals surface area contributed by atoms with Gasteiger partial charge >= 0.3 is 0 Å². The molecule has 0 saturated carbocycles. The molecule has 156 valence electrons. The molecule has 3 aromatic rings. The summed E-state index contributed by atoms with van der Waals surface area (Å²) >= 11 is 1.62. The molecular weight excluding hydrogens is 398 g/mol. The number of benzene rings is 2. The van der Waals surface area contributed by atoms with Gasteiger partial charge in [-0.1, -0.05) is 42.5 Å². The predicted molar refractivity (Wildman–Crippen MR) is 117 cm³/mol. The molecule has 1 aliphatic rings. The Morgan fingerprint density at radius 3 is 2.63 bits per heavy atom. The minimum atomic E-state index is -0.932. The van der Waals surface area contributed by atoms with E-state index in [1.807, 2.05) is 30.6 Å². The van der Waals surface area contributed by atoms with E-state index in [4.69, 9.17) is 0 Å². The number of rotatable bonds is 6. The van der Waals surface area contributed by atoms with Gasteiger partial charge in [0.25, 0.3) is 5.91 Å². The lowest BCUT2D eigenvalue weighted by atomic mass is 10.1. The van der Waals surface area contributed by atoms with Crippen molar-refractivity contribution in [1.29, 1.82) is 0 Å². The normalized spacial score (nSPS) is 19.8. The third kappa shape index (κ3) is 4.44. The van der Waals surface area contributed by atoms with Gasteiger partial charge in [-0.3, -0.25) is 10.1 Å². The number of aliphatic hydroxyl groups excluding tert-OH is 2. The molecule has 1 amide bonds. The number of β-amino-alcohol motifs (C(OH)–C–C–N with tert-alkyl or cyclic N) is 1. The van der Waals surface area contributed by atoms with Crippen LogP contribution in [0, 0.1) is 6.92 Å². The summed E-state index contributed by atoms with van der Waals surface area (Å²) in [5, 5.41) is 23.9. The van der Waals surface area contributed by atoms with Gasteiger partial charge in [0.1, 0.15) is 6.23 Å². The Labute approximate surface area is 179 Å². The lowest BCUT2D eigenvalue weighted by Gasteiger charge is -2.29. The zero-order chi connectivity index (χ0) is 21.1. The lowest BCUT2D eigenvalue weighted by molar-refractivity contribution is 0.0358. The summed E-state index contributed by atoms with van der Waals surface area (Å²) in [6, 6.07) is 16.6. The van der Waals surface area contributed by atoms with Crippen LogP contribution in [0.2, 0.25) is 0 Å². The van der Waals surface area contributed by atoms with Gasteiger partial charge in [0.2, 0.25) is 0 Å². The number of hydrogen-bond acceptors (Lipinski definition) is 6. The monoisotopic (exact) mass is 423 g/mol. The molecule has 30 heavy (non-hydrogen) atoms. The number of aryl methyl sites for hydroxylation is 1. The Hall–Kier alpha value is -2.58. The fourth-order valence-corrected chi connectivity index (χ4v) is 4.65. The van der Waals surface area contributed by atoms with E-state index in [0.29, 0.717) is 18.5 Å². The topological polar surface area (TPSA) is 85.7 Å². The fourth-order valence-electron chi connectivity index (χ4n) is 3.83. The summed E-state index contributed by atoms with van der Waals surface area (Å²) in [7, 11) is 0. The molecule has 0 radical (unpaired) electrons. The van der Waals surface area contributed by atoms with Crippen LogP contribution in [-0.2, 0) is 6.54 Å². The summed E-state index contributed by atoms with van der Waals surface area (Å²) in [5.41, 5.74) is 5.56. The van der Waals surface area contributed by atoms with Crippen molar-refractivity contribution in [2.75, 3.05) is 6.54 Å². The summed E-state index contributed by atoms with van der Waals surface area (Å²) in [6.45, 7) is 2.68. The molecule has 1 aromatic heterocycles. The molecule has 2 aromatic carbocycles. The second kappa shape index (κ2) is 9.06. The smallest absolute Gasteiger partial charge is 0.254 e. The highest BCUT2D eigenvalue weighted by atomic mass is 32.1. The average Bonchev–Trinajstić information content (AvgIpc) is 3.38. The molecule has 6 nitrogen and oxygen atoms in total. The first-order chi connectivity index (χ1) is 14.5. The number of carbonyl (C=O) groups is 1. The molecule has 1 aliphatic heterocycles. The first kappa shape index (κ1) is 20.7. The summed E-state index contributed by atoms with van der Waals surface area (Å²) in [6.07, 6.45) is -1.23. The van der Waals surface area contributed by atoms with Crippen molar-refractivity contribution in [2.45, 2.75) is 38.3 Å². The predicted octanol–water partition coefficient (Wildman–Crippen LogP) is 2.80. The number of aromatic nitrogens is 1. The van der Waals surface area contributed by atoms with Gasteiger partial charge in [0, 0.05) is 18.7 Å². The van der Waals surface area contributed by atoms with Crippen molar-refractivity contribution >= 4 is 17.2 Å². The van der Waals surface area contributed by atoms with E-state index in [2.05, 4.69) is 22.4 Å². The molecule has 3 N–H and O–H groups in total. The minimum absolute atomic E-state index is 0.178. The summed E-state index contributed by atoms with van der Waals surface area (Å²) in [5.74, 6) is -0.178. The van der Waals surface area contributed by atoms with E-state index < -0.39 is 18.4 Å². The Bertz CT molecular complexity index is 990. The Kier molecular flexibility index (Phi) is 6.24. The van der Waals surface area contributed by atoms with Crippen LogP contribution in [0.4, 0.5) is 0 Å². The van der Waals surface area contributed by atoms with Crippen LogP contribution in [0.15, 0.2) is 60.1 Å².